The third-order valence-corrected chi connectivity index (χ3v) is 3.96. The number of halogens is 1. The van der Waals surface area contributed by atoms with E-state index in [2.05, 4.69) is 17.4 Å². The van der Waals surface area contributed by atoms with Crippen LogP contribution in [0, 0.1) is 0 Å². The van der Waals surface area contributed by atoms with Crippen LogP contribution in [0.25, 0.3) is 0 Å². The zero-order valence-corrected chi connectivity index (χ0v) is 11.5. The third-order valence-electron chi connectivity index (χ3n) is 3.73. The van der Waals surface area contributed by atoms with Gasteiger partial charge in [-0.3, -0.25) is 0 Å². The van der Waals surface area contributed by atoms with Gasteiger partial charge in [0.2, 0.25) is 0 Å². The fourth-order valence-corrected chi connectivity index (χ4v) is 2.74. The second-order valence-corrected chi connectivity index (χ2v) is 5.60. The summed E-state index contributed by atoms with van der Waals surface area (Å²) in [5.41, 5.74) is 1.38. The molecule has 0 unspecified atom stereocenters. The molecule has 0 amide bonds. The van der Waals surface area contributed by atoms with E-state index in [0.717, 1.165) is 24.4 Å². The van der Waals surface area contributed by atoms with Crippen molar-refractivity contribution in [1.29, 1.82) is 0 Å². The summed E-state index contributed by atoms with van der Waals surface area (Å²) >= 11 is 6.00. The molecule has 1 fully saturated rings. The van der Waals surface area contributed by atoms with Crippen LogP contribution in [0.5, 0.6) is 0 Å². The standard InChI is InChI=1S/C15H22ClNO/c16-14-6-4-5-12(9-14)13-10-15(11-13)17-7-2-1-3-8-18/h4-6,9,13,15,17-18H,1-3,7-8,10-11H2. The Bertz CT molecular complexity index is 363. The largest absolute Gasteiger partial charge is 0.396 e. The molecular weight excluding hydrogens is 246 g/mol. The van der Waals surface area contributed by atoms with Gasteiger partial charge in [-0.2, -0.15) is 0 Å². The first-order valence-corrected chi connectivity index (χ1v) is 7.27. The van der Waals surface area contributed by atoms with Crippen molar-refractivity contribution in [3.8, 4) is 0 Å². The molecule has 0 atom stereocenters. The molecule has 100 valence electrons. The van der Waals surface area contributed by atoms with Crippen LogP contribution >= 0.6 is 11.6 Å². The zero-order valence-electron chi connectivity index (χ0n) is 10.7. The predicted octanol–water partition coefficient (Wildman–Crippen LogP) is 3.34. The van der Waals surface area contributed by atoms with Gasteiger partial charge in [0.25, 0.3) is 0 Å². The normalized spacial score (nSPS) is 22.8. The highest BCUT2D eigenvalue weighted by Gasteiger charge is 2.29. The lowest BCUT2D eigenvalue weighted by Crippen LogP contribution is -2.40. The first-order valence-electron chi connectivity index (χ1n) is 6.89. The first-order chi connectivity index (χ1) is 8.79. The van der Waals surface area contributed by atoms with E-state index in [9.17, 15) is 0 Å². The smallest absolute Gasteiger partial charge is 0.0431 e. The number of aliphatic hydroxyl groups is 1. The Labute approximate surface area is 114 Å². The van der Waals surface area contributed by atoms with Gasteiger partial charge in [-0.15, -0.1) is 0 Å². The molecule has 1 aromatic carbocycles. The number of unbranched alkanes of at least 4 members (excludes halogenated alkanes) is 2. The maximum Gasteiger partial charge on any atom is 0.0431 e. The quantitative estimate of drug-likeness (QED) is 0.743. The van der Waals surface area contributed by atoms with Crippen LogP contribution in [0.3, 0.4) is 0 Å². The van der Waals surface area contributed by atoms with Crippen molar-refractivity contribution in [2.75, 3.05) is 13.2 Å². The minimum atomic E-state index is 0.320. The predicted molar refractivity (Wildman–Crippen MR) is 76.2 cm³/mol. The maximum atomic E-state index is 8.68. The molecule has 0 spiro atoms. The summed E-state index contributed by atoms with van der Waals surface area (Å²) in [6, 6.07) is 8.90. The average molecular weight is 268 g/mol. The third kappa shape index (κ3) is 3.98. The minimum Gasteiger partial charge on any atom is -0.396 e. The van der Waals surface area contributed by atoms with Crippen molar-refractivity contribution in [3.05, 3.63) is 34.9 Å². The first kappa shape index (κ1) is 13.9. The van der Waals surface area contributed by atoms with Crippen LogP contribution < -0.4 is 5.32 Å². The molecule has 0 heterocycles. The fourth-order valence-electron chi connectivity index (χ4n) is 2.54. The van der Waals surface area contributed by atoms with E-state index >= 15 is 0 Å². The Morgan fingerprint density at radius 2 is 2.06 bits per heavy atom. The monoisotopic (exact) mass is 267 g/mol. The van der Waals surface area contributed by atoms with Gasteiger partial charge in [-0.1, -0.05) is 23.7 Å². The fraction of sp³-hybridized carbons (Fsp3) is 0.600. The SMILES string of the molecule is OCCCCCNC1CC(c2cccc(Cl)c2)C1. The number of aliphatic hydroxyl groups excluding tert-OH is 1. The number of hydrogen-bond donors (Lipinski definition) is 2. The van der Waals surface area contributed by atoms with E-state index in [0.29, 0.717) is 18.6 Å². The second-order valence-electron chi connectivity index (χ2n) is 5.16. The molecule has 0 saturated heterocycles. The Morgan fingerprint density at radius 1 is 1.22 bits per heavy atom. The topological polar surface area (TPSA) is 32.3 Å². The highest BCUT2D eigenvalue weighted by molar-refractivity contribution is 6.30. The van der Waals surface area contributed by atoms with Crippen LogP contribution in [0.4, 0.5) is 0 Å². The molecule has 0 radical (unpaired) electrons. The van der Waals surface area contributed by atoms with Crippen molar-refractivity contribution in [3.63, 3.8) is 0 Å². The number of hydrogen-bond acceptors (Lipinski definition) is 2. The lowest BCUT2D eigenvalue weighted by atomic mass is 9.76. The molecule has 1 aliphatic rings. The lowest BCUT2D eigenvalue weighted by Gasteiger charge is -2.36. The Kier molecular flexibility index (Phi) is 5.48. The highest BCUT2D eigenvalue weighted by Crippen LogP contribution is 2.37. The molecular formula is C15H22ClNO. The summed E-state index contributed by atoms with van der Waals surface area (Å²) in [6.07, 6.45) is 5.66. The van der Waals surface area contributed by atoms with E-state index in [4.69, 9.17) is 16.7 Å². The van der Waals surface area contributed by atoms with Gasteiger partial charge in [0.15, 0.2) is 0 Å². The van der Waals surface area contributed by atoms with Gasteiger partial charge in [0.05, 0.1) is 0 Å². The summed E-state index contributed by atoms with van der Waals surface area (Å²) in [5.74, 6) is 0.679. The van der Waals surface area contributed by atoms with Crippen LogP contribution in [-0.4, -0.2) is 24.3 Å². The van der Waals surface area contributed by atoms with Gasteiger partial charge in [0.1, 0.15) is 0 Å². The number of rotatable bonds is 7. The minimum absolute atomic E-state index is 0.320. The number of benzene rings is 1. The maximum absolute atomic E-state index is 8.68. The van der Waals surface area contributed by atoms with Crippen molar-refractivity contribution >= 4 is 11.6 Å². The second kappa shape index (κ2) is 7.13. The summed E-state index contributed by atoms with van der Waals surface area (Å²) < 4.78 is 0. The molecule has 2 nitrogen and oxygen atoms in total. The Morgan fingerprint density at radius 3 is 2.78 bits per heavy atom. The van der Waals surface area contributed by atoms with E-state index in [-0.39, 0.29) is 0 Å². The van der Waals surface area contributed by atoms with Gasteiger partial charge >= 0.3 is 0 Å². The van der Waals surface area contributed by atoms with Gasteiger partial charge in [0, 0.05) is 17.7 Å². The molecule has 3 heteroatoms. The molecule has 1 saturated carbocycles. The Balaban J connectivity index is 1.62. The van der Waals surface area contributed by atoms with Crippen molar-refractivity contribution in [2.45, 2.75) is 44.1 Å². The summed E-state index contributed by atoms with van der Waals surface area (Å²) in [6.45, 7) is 1.40. The van der Waals surface area contributed by atoms with Crippen LogP contribution in [0.1, 0.15) is 43.6 Å². The molecule has 1 aliphatic carbocycles. The van der Waals surface area contributed by atoms with Gasteiger partial charge < -0.3 is 10.4 Å². The molecule has 18 heavy (non-hydrogen) atoms. The van der Waals surface area contributed by atoms with Crippen LogP contribution in [0.2, 0.25) is 5.02 Å². The molecule has 2 N–H and O–H groups in total. The van der Waals surface area contributed by atoms with Gasteiger partial charge in [-0.05, 0) is 62.3 Å². The lowest BCUT2D eigenvalue weighted by molar-refractivity contribution is 0.273. The zero-order chi connectivity index (χ0) is 12.8. The molecule has 1 aromatic rings. The van der Waals surface area contributed by atoms with E-state index in [1.54, 1.807) is 0 Å². The summed E-state index contributed by atoms with van der Waals surface area (Å²) in [5, 5.41) is 13.1. The molecule has 0 aliphatic heterocycles. The summed E-state index contributed by atoms with van der Waals surface area (Å²) in [4.78, 5) is 0. The van der Waals surface area contributed by atoms with Crippen molar-refractivity contribution in [1.82, 2.24) is 5.32 Å². The molecule has 0 bridgehead atoms. The number of nitrogens with one attached hydrogen (secondary N) is 1. The van der Waals surface area contributed by atoms with Crippen molar-refractivity contribution in [2.24, 2.45) is 0 Å². The molecule has 2 rings (SSSR count). The Hall–Kier alpha value is -0.570. The van der Waals surface area contributed by atoms with Crippen molar-refractivity contribution < 1.29 is 5.11 Å². The summed E-state index contributed by atoms with van der Waals surface area (Å²) in [7, 11) is 0. The van der Waals surface area contributed by atoms with Crippen LogP contribution in [-0.2, 0) is 0 Å². The van der Waals surface area contributed by atoms with E-state index < -0.39 is 0 Å². The van der Waals surface area contributed by atoms with E-state index in [1.165, 1.54) is 24.8 Å². The van der Waals surface area contributed by atoms with Crippen LogP contribution in [0.15, 0.2) is 24.3 Å². The molecule has 0 aromatic heterocycles. The highest BCUT2D eigenvalue weighted by atomic mass is 35.5. The van der Waals surface area contributed by atoms with E-state index in [1.807, 2.05) is 12.1 Å². The van der Waals surface area contributed by atoms with Gasteiger partial charge in [-0.25, -0.2) is 0 Å². The average Bonchev–Trinajstić information content (AvgIpc) is 2.31.